The lowest BCUT2D eigenvalue weighted by Crippen LogP contribution is -2.39. The first kappa shape index (κ1) is 27.9. The maximum atomic E-state index is 14.2. The second-order valence-corrected chi connectivity index (χ2v) is 11.8. The molecular weight excluding hydrogens is 602 g/mol. The molecule has 2 aromatic heterocycles. The van der Waals surface area contributed by atoms with E-state index in [-0.39, 0.29) is 16.3 Å². The van der Waals surface area contributed by atoms with Crippen LogP contribution in [0, 0.1) is 10.1 Å². The quantitative estimate of drug-likeness (QED) is 0.165. The van der Waals surface area contributed by atoms with Gasteiger partial charge in [0.05, 0.1) is 40.4 Å². The smallest absolute Gasteiger partial charge is 0.271 e. The van der Waals surface area contributed by atoms with E-state index in [0.29, 0.717) is 37.9 Å². The van der Waals surface area contributed by atoms with Crippen molar-refractivity contribution in [1.29, 1.82) is 0 Å². The Labute approximate surface area is 259 Å². The summed E-state index contributed by atoms with van der Waals surface area (Å²) >= 11 is 7.61. The van der Waals surface area contributed by atoms with Crippen LogP contribution in [0.25, 0.3) is 23.1 Å². The lowest BCUT2D eigenvalue weighted by molar-refractivity contribution is -0.384. The number of halogens is 1. The molecule has 7 rings (SSSR count). The van der Waals surface area contributed by atoms with Gasteiger partial charge in [0.15, 0.2) is 4.80 Å². The van der Waals surface area contributed by atoms with Crippen molar-refractivity contribution in [3.8, 4) is 22.8 Å². The van der Waals surface area contributed by atoms with E-state index in [2.05, 4.69) is 12.1 Å². The summed E-state index contributed by atoms with van der Waals surface area (Å²) in [6.07, 6.45) is 3.25. The Morgan fingerprint density at radius 1 is 1.05 bits per heavy atom. The van der Waals surface area contributed by atoms with Crippen molar-refractivity contribution in [2.45, 2.75) is 18.9 Å². The summed E-state index contributed by atoms with van der Waals surface area (Å²) in [7, 11) is 3.23. The first-order valence-corrected chi connectivity index (χ1v) is 14.9. The van der Waals surface area contributed by atoms with Gasteiger partial charge in [-0.1, -0.05) is 47.2 Å². The molecule has 3 aromatic carbocycles. The standard InChI is InChI=1S/C33H24ClN3O6S/c1-41-20-9-13-27(42-2)25(16-20)31-24-11-7-18-5-3-4-6-22(18)30(24)35-33-36(31)32(38)29(44-33)17-21-10-14-28(43-21)23-12-8-19(37(39)40)15-26(23)34/h3-6,8-10,12-17,31H,7,11H2,1-2H3/b29-17+/t31-/m0/s1. The van der Waals surface area contributed by atoms with Gasteiger partial charge in [0.1, 0.15) is 23.0 Å². The molecule has 11 heteroatoms. The summed E-state index contributed by atoms with van der Waals surface area (Å²) in [5, 5.41) is 11.3. The number of methoxy groups -OCH3 is 2. The fourth-order valence-corrected chi connectivity index (χ4v) is 7.12. The van der Waals surface area contributed by atoms with E-state index in [1.807, 2.05) is 30.3 Å². The minimum absolute atomic E-state index is 0.112. The molecule has 0 bridgehead atoms. The zero-order valence-electron chi connectivity index (χ0n) is 23.6. The van der Waals surface area contributed by atoms with Gasteiger partial charge < -0.3 is 13.9 Å². The topological polar surface area (TPSA) is 109 Å². The molecule has 0 saturated carbocycles. The molecule has 0 saturated heterocycles. The third kappa shape index (κ3) is 4.63. The molecule has 0 unspecified atom stereocenters. The zero-order valence-corrected chi connectivity index (χ0v) is 25.1. The van der Waals surface area contributed by atoms with E-state index >= 15 is 0 Å². The monoisotopic (exact) mass is 625 g/mol. The number of furan rings is 1. The first-order chi connectivity index (χ1) is 21.4. The Bertz CT molecular complexity index is 2200. The van der Waals surface area contributed by atoms with Crippen LogP contribution in [0.15, 0.2) is 92.6 Å². The Hall–Kier alpha value is -4.93. The maximum absolute atomic E-state index is 14.2. The highest BCUT2D eigenvalue weighted by molar-refractivity contribution is 7.07. The van der Waals surface area contributed by atoms with E-state index in [1.54, 1.807) is 43.1 Å². The Morgan fingerprint density at radius 3 is 2.66 bits per heavy atom. The van der Waals surface area contributed by atoms with Gasteiger partial charge >= 0.3 is 0 Å². The molecule has 1 aliphatic carbocycles. The molecule has 1 atom stereocenters. The van der Waals surface area contributed by atoms with Crippen molar-refractivity contribution >= 4 is 40.4 Å². The molecule has 1 aliphatic heterocycles. The number of aryl methyl sites for hydroxylation is 1. The number of nitro benzene ring substituents is 1. The van der Waals surface area contributed by atoms with Crippen LogP contribution < -0.4 is 24.4 Å². The van der Waals surface area contributed by atoms with Gasteiger partial charge in [-0.15, -0.1) is 0 Å². The van der Waals surface area contributed by atoms with E-state index in [1.165, 1.54) is 29.0 Å². The van der Waals surface area contributed by atoms with Crippen LogP contribution in [0.5, 0.6) is 11.5 Å². The highest BCUT2D eigenvalue weighted by Crippen LogP contribution is 2.44. The van der Waals surface area contributed by atoms with Gasteiger partial charge in [-0.05, 0) is 60.4 Å². The number of nitro groups is 1. The average Bonchev–Trinajstić information content (AvgIpc) is 3.63. The van der Waals surface area contributed by atoms with Crippen LogP contribution >= 0.6 is 22.9 Å². The number of ether oxygens (including phenoxy) is 2. The number of thiazole rings is 1. The Morgan fingerprint density at radius 2 is 1.89 bits per heavy atom. The third-order valence-electron chi connectivity index (χ3n) is 7.93. The fourth-order valence-electron chi connectivity index (χ4n) is 5.87. The van der Waals surface area contributed by atoms with Crippen LogP contribution in [-0.4, -0.2) is 23.7 Å². The molecule has 0 fully saturated rings. The lowest BCUT2D eigenvalue weighted by atomic mass is 9.83. The summed E-state index contributed by atoms with van der Waals surface area (Å²) in [6, 6.07) is 21.0. The number of allylic oxidation sites excluding steroid dienone is 1. The molecule has 0 spiro atoms. The number of hydrogen-bond donors (Lipinski definition) is 0. The molecule has 9 nitrogen and oxygen atoms in total. The van der Waals surface area contributed by atoms with Crippen molar-refractivity contribution in [3.05, 3.63) is 136 Å². The molecular formula is C33H24ClN3O6S. The van der Waals surface area contributed by atoms with E-state index in [9.17, 15) is 14.9 Å². The molecule has 5 aromatic rings. The number of hydrogen-bond acceptors (Lipinski definition) is 8. The molecule has 3 heterocycles. The molecule has 44 heavy (non-hydrogen) atoms. The molecule has 0 amide bonds. The lowest BCUT2D eigenvalue weighted by Gasteiger charge is -2.31. The largest absolute Gasteiger partial charge is 0.497 e. The van der Waals surface area contributed by atoms with Crippen molar-refractivity contribution in [1.82, 2.24) is 4.57 Å². The predicted molar refractivity (Wildman–Crippen MR) is 168 cm³/mol. The minimum Gasteiger partial charge on any atom is -0.497 e. The van der Waals surface area contributed by atoms with E-state index in [4.69, 9.17) is 30.5 Å². The maximum Gasteiger partial charge on any atom is 0.271 e. The average molecular weight is 626 g/mol. The summed E-state index contributed by atoms with van der Waals surface area (Å²) < 4.78 is 19.6. The number of fused-ring (bicyclic) bond motifs is 3. The Balaban J connectivity index is 1.40. The zero-order chi connectivity index (χ0) is 30.5. The molecule has 0 N–H and O–H groups in total. The highest BCUT2D eigenvalue weighted by atomic mass is 35.5. The summed E-state index contributed by atoms with van der Waals surface area (Å²) in [5.74, 6) is 2.17. The second kappa shape index (κ2) is 11.0. The van der Waals surface area contributed by atoms with Crippen molar-refractivity contribution < 1.29 is 18.8 Å². The third-order valence-corrected chi connectivity index (χ3v) is 9.23. The first-order valence-electron chi connectivity index (χ1n) is 13.8. The number of benzene rings is 3. The molecule has 2 aliphatic rings. The van der Waals surface area contributed by atoms with Gasteiger partial charge in [-0.2, -0.15) is 0 Å². The molecule has 0 radical (unpaired) electrons. The van der Waals surface area contributed by atoms with Gasteiger partial charge in [-0.25, -0.2) is 4.99 Å². The summed E-state index contributed by atoms with van der Waals surface area (Å²) in [4.78, 5) is 30.4. The van der Waals surface area contributed by atoms with Crippen LogP contribution in [0.3, 0.4) is 0 Å². The minimum atomic E-state index is -0.506. The Kier molecular flexibility index (Phi) is 6.95. The van der Waals surface area contributed by atoms with Crippen LogP contribution in [0.2, 0.25) is 5.02 Å². The van der Waals surface area contributed by atoms with Crippen LogP contribution in [0.1, 0.15) is 34.9 Å². The normalized spacial score (nSPS) is 15.7. The highest BCUT2D eigenvalue weighted by Gasteiger charge is 2.34. The number of nitrogens with zero attached hydrogens (tertiary/aromatic N) is 3. The van der Waals surface area contributed by atoms with Crippen LogP contribution in [0.4, 0.5) is 5.69 Å². The van der Waals surface area contributed by atoms with E-state index in [0.717, 1.165) is 35.2 Å². The number of non-ortho nitro benzene ring substituents is 1. The molecule has 220 valence electrons. The van der Waals surface area contributed by atoms with E-state index < -0.39 is 11.0 Å². The SMILES string of the molecule is COc1ccc(OC)c([C@@H]2C3=C(N=c4s/c(=C/c5ccc(-c6ccc([N+](=O)[O-])cc6Cl)o5)c(=O)n42)c2ccccc2CC3)c1. The van der Waals surface area contributed by atoms with Crippen molar-refractivity contribution in [2.75, 3.05) is 14.2 Å². The second-order valence-electron chi connectivity index (χ2n) is 10.3. The summed E-state index contributed by atoms with van der Waals surface area (Å²) in [6.45, 7) is 0. The predicted octanol–water partition coefficient (Wildman–Crippen LogP) is 6.16. The fraction of sp³-hybridized carbons (Fsp3) is 0.152. The van der Waals surface area contributed by atoms with Crippen molar-refractivity contribution in [3.63, 3.8) is 0 Å². The van der Waals surface area contributed by atoms with Gasteiger partial charge in [-0.3, -0.25) is 19.5 Å². The van der Waals surface area contributed by atoms with Gasteiger partial charge in [0.2, 0.25) is 0 Å². The van der Waals surface area contributed by atoms with Gasteiger partial charge in [0, 0.05) is 34.9 Å². The number of rotatable bonds is 6. The number of aromatic nitrogens is 1. The van der Waals surface area contributed by atoms with Gasteiger partial charge in [0.25, 0.3) is 11.2 Å². The summed E-state index contributed by atoms with van der Waals surface area (Å²) in [5.41, 5.74) is 5.21. The van der Waals surface area contributed by atoms with Crippen LogP contribution in [-0.2, 0) is 6.42 Å². The van der Waals surface area contributed by atoms with Crippen molar-refractivity contribution in [2.24, 2.45) is 4.99 Å².